The lowest BCUT2D eigenvalue weighted by Gasteiger charge is -2.27. The summed E-state index contributed by atoms with van der Waals surface area (Å²) in [5, 5.41) is 43.2. The summed E-state index contributed by atoms with van der Waals surface area (Å²) in [4.78, 5) is 12.4. The summed E-state index contributed by atoms with van der Waals surface area (Å²) in [6.45, 7) is 3.94. The summed E-state index contributed by atoms with van der Waals surface area (Å²) in [6, 6.07) is -1.01. The van der Waals surface area contributed by atoms with Gasteiger partial charge in [0.15, 0.2) is 0 Å². The van der Waals surface area contributed by atoms with Gasteiger partial charge >= 0.3 is 0 Å². The van der Waals surface area contributed by atoms with Crippen LogP contribution < -0.4 is 5.32 Å². The van der Waals surface area contributed by atoms with Crippen LogP contribution in [-0.2, 0) is 4.79 Å². The second-order valence-corrected chi connectivity index (χ2v) is 12.5. The minimum atomic E-state index is -1.29. The maximum Gasteiger partial charge on any atom is 0.249 e. The monoisotopic (exact) mass is 622 g/mol. The SMILES string of the molecule is CCCC/C=C\CCCCCC(O)C(=O)NC(CO)C(O)C(O)CCC/C=C/CC/C=C/CCCCCCCCCCCC. The first-order valence-electron chi connectivity index (χ1n) is 18.4. The number of unbranched alkanes of at least 4 members (excludes halogenated alkanes) is 17. The summed E-state index contributed by atoms with van der Waals surface area (Å²) < 4.78 is 0. The molecule has 0 saturated heterocycles. The molecule has 0 aromatic carbocycles. The molecule has 0 rings (SSSR count). The Morgan fingerprint density at radius 1 is 0.545 bits per heavy atom. The van der Waals surface area contributed by atoms with Gasteiger partial charge < -0.3 is 25.7 Å². The molecule has 0 aliphatic heterocycles. The van der Waals surface area contributed by atoms with Crippen LogP contribution in [-0.4, -0.2) is 57.3 Å². The zero-order chi connectivity index (χ0) is 32.5. The second-order valence-electron chi connectivity index (χ2n) is 12.5. The van der Waals surface area contributed by atoms with Gasteiger partial charge in [-0.2, -0.15) is 0 Å². The van der Waals surface area contributed by atoms with Crippen molar-refractivity contribution >= 4 is 5.91 Å². The van der Waals surface area contributed by atoms with Crippen LogP contribution in [0.5, 0.6) is 0 Å². The molecule has 0 radical (unpaired) electrons. The Labute approximate surface area is 271 Å². The van der Waals surface area contributed by atoms with Gasteiger partial charge in [0.1, 0.15) is 12.2 Å². The predicted molar refractivity (Wildman–Crippen MR) is 187 cm³/mol. The second kappa shape index (κ2) is 32.9. The molecule has 0 heterocycles. The van der Waals surface area contributed by atoms with Crippen LogP contribution in [0.2, 0.25) is 0 Å². The fourth-order valence-electron chi connectivity index (χ4n) is 5.28. The number of hydrogen-bond acceptors (Lipinski definition) is 5. The van der Waals surface area contributed by atoms with E-state index in [0.717, 1.165) is 51.4 Å². The molecule has 0 aromatic heterocycles. The van der Waals surface area contributed by atoms with Crippen LogP contribution in [0.3, 0.4) is 0 Å². The summed E-state index contributed by atoms with van der Waals surface area (Å²) in [6.07, 6.45) is 36.1. The van der Waals surface area contributed by atoms with Crippen molar-refractivity contribution in [1.29, 1.82) is 0 Å². The van der Waals surface area contributed by atoms with E-state index in [0.29, 0.717) is 19.3 Å². The number of carbonyl (C=O) groups is 1. The Balaban J connectivity index is 3.88. The molecule has 6 heteroatoms. The van der Waals surface area contributed by atoms with E-state index in [1.807, 2.05) is 0 Å². The lowest BCUT2D eigenvalue weighted by molar-refractivity contribution is -0.132. The molecule has 6 nitrogen and oxygen atoms in total. The van der Waals surface area contributed by atoms with E-state index in [9.17, 15) is 25.2 Å². The fourth-order valence-corrected chi connectivity index (χ4v) is 5.28. The lowest BCUT2D eigenvalue weighted by atomic mass is 10.00. The van der Waals surface area contributed by atoms with Crippen LogP contribution >= 0.6 is 0 Å². The van der Waals surface area contributed by atoms with Gasteiger partial charge in [0.2, 0.25) is 5.91 Å². The Kier molecular flexibility index (Phi) is 31.8. The highest BCUT2D eigenvalue weighted by Gasteiger charge is 2.28. The normalized spacial score (nSPS) is 15.0. The van der Waals surface area contributed by atoms with E-state index in [2.05, 4.69) is 55.6 Å². The molecular weight excluding hydrogens is 550 g/mol. The van der Waals surface area contributed by atoms with Crippen molar-refractivity contribution in [1.82, 2.24) is 5.32 Å². The van der Waals surface area contributed by atoms with E-state index < -0.39 is 36.9 Å². The van der Waals surface area contributed by atoms with Crippen molar-refractivity contribution < 1.29 is 25.2 Å². The molecule has 0 aliphatic carbocycles. The third-order valence-electron chi connectivity index (χ3n) is 8.30. The first kappa shape index (κ1) is 42.5. The highest BCUT2D eigenvalue weighted by Crippen LogP contribution is 2.13. The van der Waals surface area contributed by atoms with Crippen molar-refractivity contribution in [3.63, 3.8) is 0 Å². The van der Waals surface area contributed by atoms with Crippen molar-refractivity contribution in [2.75, 3.05) is 6.61 Å². The van der Waals surface area contributed by atoms with Gasteiger partial charge in [-0.1, -0.05) is 134 Å². The van der Waals surface area contributed by atoms with Crippen LogP contribution in [0.4, 0.5) is 0 Å². The number of aliphatic hydroxyl groups is 4. The maximum atomic E-state index is 12.4. The molecule has 0 aliphatic rings. The molecule has 1 amide bonds. The van der Waals surface area contributed by atoms with E-state index in [1.165, 1.54) is 83.5 Å². The molecule has 0 bridgehead atoms. The van der Waals surface area contributed by atoms with Gasteiger partial charge in [-0.15, -0.1) is 0 Å². The van der Waals surface area contributed by atoms with Gasteiger partial charge in [-0.3, -0.25) is 4.79 Å². The van der Waals surface area contributed by atoms with Crippen LogP contribution in [0, 0.1) is 0 Å². The number of amides is 1. The van der Waals surface area contributed by atoms with E-state index >= 15 is 0 Å². The number of aliphatic hydroxyl groups excluding tert-OH is 4. The summed E-state index contributed by atoms with van der Waals surface area (Å²) in [7, 11) is 0. The van der Waals surface area contributed by atoms with Gasteiger partial charge in [0, 0.05) is 0 Å². The molecule has 4 unspecified atom stereocenters. The summed E-state index contributed by atoms with van der Waals surface area (Å²) in [5.41, 5.74) is 0. The maximum absolute atomic E-state index is 12.4. The third kappa shape index (κ3) is 26.9. The number of carbonyl (C=O) groups excluding carboxylic acids is 1. The molecule has 0 saturated carbocycles. The summed E-state index contributed by atoms with van der Waals surface area (Å²) in [5.74, 6) is -0.616. The van der Waals surface area contributed by atoms with E-state index in [1.54, 1.807) is 0 Å². The minimum Gasteiger partial charge on any atom is -0.394 e. The van der Waals surface area contributed by atoms with Crippen molar-refractivity contribution in [3.8, 4) is 0 Å². The molecule has 0 fully saturated rings. The first-order chi connectivity index (χ1) is 21.5. The van der Waals surface area contributed by atoms with E-state index in [-0.39, 0.29) is 0 Å². The topological polar surface area (TPSA) is 110 Å². The Morgan fingerprint density at radius 2 is 0.977 bits per heavy atom. The molecule has 4 atom stereocenters. The highest BCUT2D eigenvalue weighted by atomic mass is 16.3. The van der Waals surface area contributed by atoms with Gasteiger partial charge in [-0.25, -0.2) is 0 Å². The zero-order valence-corrected chi connectivity index (χ0v) is 28.6. The highest BCUT2D eigenvalue weighted by molar-refractivity contribution is 5.80. The first-order valence-corrected chi connectivity index (χ1v) is 18.4. The largest absolute Gasteiger partial charge is 0.394 e. The average molecular weight is 622 g/mol. The van der Waals surface area contributed by atoms with Crippen LogP contribution in [0.15, 0.2) is 36.5 Å². The van der Waals surface area contributed by atoms with Crippen molar-refractivity contribution in [3.05, 3.63) is 36.5 Å². The zero-order valence-electron chi connectivity index (χ0n) is 28.6. The van der Waals surface area contributed by atoms with Crippen LogP contribution in [0.25, 0.3) is 0 Å². The fraction of sp³-hybridized carbons (Fsp3) is 0.816. The summed E-state index contributed by atoms with van der Waals surface area (Å²) >= 11 is 0. The predicted octanol–water partition coefficient (Wildman–Crippen LogP) is 8.62. The van der Waals surface area contributed by atoms with Gasteiger partial charge in [-0.05, 0) is 70.6 Å². The molecule has 44 heavy (non-hydrogen) atoms. The smallest absolute Gasteiger partial charge is 0.249 e. The Bertz CT molecular complexity index is 707. The number of hydrogen-bond donors (Lipinski definition) is 5. The van der Waals surface area contributed by atoms with Gasteiger partial charge in [0.25, 0.3) is 0 Å². The molecule has 0 aromatic rings. The average Bonchev–Trinajstić information content (AvgIpc) is 3.03. The number of nitrogens with one attached hydrogen (secondary N) is 1. The van der Waals surface area contributed by atoms with E-state index in [4.69, 9.17) is 0 Å². The third-order valence-corrected chi connectivity index (χ3v) is 8.30. The number of allylic oxidation sites excluding steroid dienone is 6. The Hall–Kier alpha value is -1.47. The molecule has 5 N–H and O–H groups in total. The van der Waals surface area contributed by atoms with Crippen LogP contribution in [0.1, 0.15) is 168 Å². The lowest BCUT2D eigenvalue weighted by Crippen LogP contribution is -2.53. The van der Waals surface area contributed by atoms with Crippen molar-refractivity contribution in [2.45, 2.75) is 192 Å². The van der Waals surface area contributed by atoms with Crippen molar-refractivity contribution in [2.24, 2.45) is 0 Å². The standard InChI is InChI=1S/C38H71NO5/c1-3-5-7-9-11-13-14-15-16-17-18-19-20-21-22-24-25-27-29-31-35(41)37(43)34(33-40)39-38(44)36(42)32-30-28-26-23-12-10-8-6-4-2/h10,12,19-20,24-25,34-37,40-43H,3-9,11,13-18,21-23,26-33H2,1-2H3,(H,39,44)/b12-10-,20-19+,25-24+. The molecular formula is C38H71NO5. The minimum absolute atomic E-state index is 0.337. The van der Waals surface area contributed by atoms with Gasteiger partial charge in [0.05, 0.1) is 18.8 Å². The quantitative estimate of drug-likeness (QED) is 0.0382. The number of rotatable bonds is 32. The Morgan fingerprint density at radius 3 is 1.50 bits per heavy atom. The molecule has 0 spiro atoms. The molecule has 258 valence electrons.